The quantitative estimate of drug-likeness (QED) is 0.0275. The Kier molecular flexibility index (Phi) is 23.9. The van der Waals surface area contributed by atoms with Gasteiger partial charge in [-0.2, -0.15) is 0 Å². The van der Waals surface area contributed by atoms with Gasteiger partial charge in [0.25, 0.3) is 0 Å². The molecule has 0 aromatic heterocycles. The van der Waals surface area contributed by atoms with Gasteiger partial charge in [0.2, 0.25) is 0 Å². The van der Waals surface area contributed by atoms with E-state index in [0.29, 0.717) is 45.2 Å². The fourth-order valence-electron chi connectivity index (χ4n) is 8.91. The Labute approximate surface area is 318 Å². The molecule has 0 spiro atoms. The minimum Gasteiger partial charge on any atom is -0.480 e. The van der Waals surface area contributed by atoms with Crippen LogP contribution in [0.2, 0.25) is 0 Å². The SMILES string of the molecule is CCCCCCCCCCCCCCCCCCN(CC)C(CC=O)(CCC=CC[C@@H]1[C@@H](C=CC[C@H](O)C2(CC)CCC2)[C@H](O)C[C@H]1Cl)C(=O)O. The first kappa shape index (κ1) is 45.9. The summed E-state index contributed by atoms with van der Waals surface area (Å²) in [5.41, 5.74) is -1.14. The zero-order valence-electron chi connectivity index (χ0n) is 33.1. The molecule has 7 heteroatoms. The van der Waals surface area contributed by atoms with Gasteiger partial charge in [0, 0.05) is 17.7 Å². The lowest BCUT2D eigenvalue weighted by Crippen LogP contribution is -2.55. The van der Waals surface area contributed by atoms with Gasteiger partial charge in [0.05, 0.1) is 12.2 Å². The molecule has 0 aromatic carbocycles. The number of aliphatic hydroxyl groups is 2. The molecular weight excluding hydrogens is 658 g/mol. The third-order valence-corrected chi connectivity index (χ3v) is 13.2. The van der Waals surface area contributed by atoms with Crippen LogP contribution in [0.4, 0.5) is 0 Å². The Hall–Kier alpha value is -1.21. The smallest absolute Gasteiger partial charge is 0.324 e. The maximum atomic E-state index is 12.7. The maximum Gasteiger partial charge on any atom is 0.324 e. The van der Waals surface area contributed by atoms with Gasteiger partial charge in [-0.1, -0.05) is 148 Å². The molecule has 0 aliphatic heterocycles. The van der Waals surface area contributed by atoms with Crippen molar-refractivity contribution in [1.29, 1.82) is 0 Å². The third-order valence-electron chi connectivity index (χ3n) is 12.7. The van der Waals surface area contributed by atoms with E-state index < -0.39 is 17.6 Å². The fraction of sp³-hybridized carbons (Fsp3) is 0.864. The van der Waals surface area contributed by atoms with E-state index in [4.69, 9.17) is 11.6 Å². The predicted octanol–water partition coefficient (Wildman–Crippen LogP) is 11.2. The molecule has 2 saturated carbocycles. The second kappa shape index (κ2) is 26.5. The van der Waals surface area contributed by atoms with Crippen molar-refractivity contribution in [2.24, 2.45) is 17.3 Å². The molecule has 0 radical (unpaired) electrons. The Morgan fingerprint density at radius 1 is 0.882 bits per heavy atom. The average Bonchev–Trinajstić information content (AvgIpc) is 3.36. The maximum absolute atomic E-state index is 12.7. The molecule has 2 rings (SSSR count). The molecule has 0 aromatic rings. The first-order chi connectivity index (χ1) is 24.7. The third kappa shape index (κ3) is 15.6. The zero-order valence-corrected chi connectivity index (χ0v) is 33.8. The summed E-state index contributed by atoms with van der Waals surface area (Å²) in [4.78, 5) is 26.5. The summed E-state index contributed by atoms with van der Waals surface area (Å²) in [7, 11) is 0. The predicted molar refractivity (Wildman–Crippen MR) is 214 cm³/mol. The standard InChI is InChI=1S/C44H78ClNO5/c1-4-7-8-9-10-11-12-13-14-15-16-17-18-19-20-24-34-46(6-3)44(33-35-47,42(50)51)32-23-21-22-27-37-38(40(48)36-39(37)45)28-25-29-41(49)43(5-2)30-26-31-43/h21-22,25,28,35,37-41,48-49H,4-20,23-24,26-27,29-34,36H2,1-3H3,(H,50,51)/t37-,38-,39-,40-,41+,44?/m1/s1. The highest BCUT2D eigenvalue weighted by molar-refractivity contribution is 6.21. The van der Waals surface area contributed by atoms with Crippen LogP contribution in [0, 0.1) is 17.3 Å². The molecule has 0 heterocycles. The zero-order chi connectivity index (χ0) is 37.4. The van der Waals surface area contributed by atoms with Gasteiger partial charge in [0.15, 0.2) is 0 Å². The van der Waals surface area contributed by atoms with E-state index in [0.717, 1.165) is 38.4 Å². The lowest BCUT2D eigenvalue weighted by Gasteiger charge is -2.45. The fourth-order valence-corrected chi connectivity index (χ4v) is 9.36. The summed E-state index contributed by atoms with van der Waals surface area (Å²) in [6.45, 7) is 7.72. The highest BCUT2D eigenvalue weighted by Gasteiger charge is 2.43. The number of rotatable bonds is 32. The van der Waals surface area contributed by atoms with Crippen molar-refractivity contribution in [3.8, 4) is 0 Å². The topological polar surface area (TPSA) is 98.1 Å². The van der Waals surface area contributed by atoms with Crippen molar-refractivity contribution < 1.29 is 24.9 Å². The van der Waals surface area contributed by atoms with E-state index in [9.17, 15) is 24.9 Å². The number of aldehydes is 1. The highest BCUT2D eigenvalue weighted by atomic mass is 35.5. The molecular formula is C44H78ClNO5. The number of halogens is 1. The Morgan fingerprint density at radius 2 is 1.45 bits per heavy atom. The van der Waals surface area contributed by atoms with Gasteiger partial charge >= 0.3 is 5.97 Å². The molecule has 2 fully saturated rings. The van der Waals surface area contributed by atoms with Gasteiger partial charge in [-0.25, -0.2) is 0 Å². The van der Waals surface area contributed by atoms with Crippen LogP contribution in [-0.4, -0.2) is 68.7 Å². The van der Waals surface area contributed by atoms with Gasteiger partial charge in [-0.15, -0.1) is 11.6 Å². The second-order valence-electron chi connectivity index (χ2n) is 16.1. The molecule has 51 heavy (non-hydrogen) atoms. The highest BCUT2D eigenvalue weighted by Crippen LogP contribution is 2.48. The van der Waals surface area contributed by atoms with Crippen LogP contribution in [0.15, 0.2) is 24.3 Å². The van der Waals surface area contributed by atoms with Crippen molar-refractivity contribution in [3.63, 3.8) is 0 Å². The number of allylic oxidation sites excluding steroid dienone is 2. The molecule has 6 atom stereocenters. The van der Waals surface area contributed by atoms with Gasteiger partial charge in [0.1, 0.15) is 11.8 Å². The second-order valence-corrected chi connectivity index (χ2v) is 16.7. The summed E-state index contributed by atoms with van der Waals surface area (Å²) in [5.74, 6) is -0.900. The Bertz CT molecular complexity index is 977. The Morgan fingerprint density at radius 3 is 1.92 bits per heavy atom. The number of carboxylic acids is 1. The van der Waals surface area contributed by atoms with Crippen LogP contribution in [0.3, 0.4) is 0 Å². The summed E-state index contributed by atoms with van der Waals surface area (Å²) < 4.78 is 0. The molecule has 2 aliphatic carbocycles. The van der Waals surface area contributed by atoms with Crippen molar-refractivity contribution in [2.75, 3.05) is 13.1 Å². The number of unbranched alkanes of at least 4 members (excludes halogenated alkanes) is 15. The first-order valence-corrected chi connectivity index (χ1v) is 21.9. The molecule has 0 saturated heterocycles. The van der Waals surface area contributed by atoms with Crippen LogP contribution in [0.5, 0.6) is 0 Å². The van der Waals surface area contributed by atoms with E-state index in [1.54, 1.807) is 0 Å². The van der Waals surface area contributed by atoms with Gasteiger partial charge in [-0.3, -0.25) is 9.69 Å². The minimum absolute atomic E-state index is 0.0144. The van der Waals surface area contributed by atoms with Crippen LogP contribution in [-0.2, 0) is 9.59 Å². The van der Waals surface area contributed by atoms with E-state index in [1.165, 1.54) is 96.3 Å². The summed E-state index contributed by atoms with van der Waals surface area (Å²) in [6, 6.07) is 0. The Balaban J connectivity index is 1.74. The van der Waals surface area contributed by atoms with Crippen LogP contribution in [0.1, 0.15) is 188 Å². The number of carbonyl (C=O) groups is 2. The molecule has 1 unspecified atom stereocenters. The van der Waals surface area contributed by atoms with Gasteiger partial charge in [-0.05, 0) is 82.2 Å². The minimum atomic E-state index is -1.20. The molecule has 296 valence electrons. The van der Waals surface area contributed by atoms with Crippen LogP contribution >= 0.6 is 11.6 Å². The largest absolute Gasteiger partial charge is 0.480 e. The first-order valence-electron chi connectivity index (χ1n) is 21.4. The normalized spacial score (nSPS) is 23.6. The van der Waals surface area contributed by atoms with Crippen molar-refractivity contribution >= 4 is 23.9 Å². The van der Waals surface area contributed by atoms with Crippen molar-refractivity contribution in [3.05, 3.63) is 24.3 Å². The summed E-state index contributed by atoms with van der Waals surface area (Å²) in [5, 5.41) is 31.9. The monoisotopic (exact) mass is 736 g/mol. The lowest BCUT2D eigenvalue weighted by atomic mass is 9.63. The number of hydrogen-bond donors (Lipinski definition) is 3. The van der Waals surface area contributed by atoms with Crippen molar-refractivity contribution in [1.82, 2.24) is 4.90 Å². The average molecular weight is 737 g/mol. The van der Waals surface area contributed by atoms with E-state index in [2.05, 4.69) is 26.0 Å². The molecule has 0 bridgehead atoms. The lowest BCUT2D eigenvalue weighted by molar-refractivity contribution is -0.154. The summed E-state index contributed by atoms with van der Waals surface area (Å²) in [6.07, 6.45) is 36.2. The summed E-state index contributed by atoms with van der Waals surface area (Å²) >= 11 is 6.70. The number of hydrogen-bond acceptors (Lipinski definition) is 5. The van der Waals surface area contributed by atoms with Crippen LogP contribution in [0.25, 0.3) is 0 Å². The number of aliphatic hydroxyl groups excluding tert-OH is 2. The molecule has 2 aliphatic rings. The number of carboxylic acid groups (broad SMARTS) is 1. The number of likely N-dealkylation sites (N-methyl/N-ethyl adjacent to an activating group) is 1. The number of nitrogens with zero attached hydrogens (tertiary/aromatic N) is 1. The van der Waals surface area contributed by atoms with Gasteiger partial charge < -0.3 is 20.1 Å². The van der Waals surface area contributed by atoms with Crippen LogP contribution < -0.4 is 0 Å². The number of aliphatic carboxylic acids is 1. The van der Waals surface area contributed by atoms with E-state index in [1.807, 2.05) is 24.0 Å². The van der Waals surface area contributed by atoms with Crippen molar-refractivity contribution in [2.45, 2.75) is 211 Å². The molecule has 6 nitrogen and oxygen atoms in total. The van der Waals surface area contributed by atoms with E-state index >= 15 is 0 Å². The molecule has 0 amide bonds. The number of carbonyl (C=O) groups excluding carboxylic acids is 1. The molecule has 3 N–H and O–H groups in total. The number of alkyl halides is 1. The van der Waals surface area contributed by atoms with E-state index in [-0.39, 0.29) is 35.2 Å².